The highest BCUT2D eigenvalue weighted by Crippen LogP contribution is 2.39. The monoisotopic (exact) mass is 482 g/mol. The number of nitrogens with zero attached hydrogens (tertiary/aromatic N) is 2. The molecule has 1 fully saturated rings. The smallest absolute Gasteiger partial charge is 0.419 e. The van der Waals surface area contributed by atoms with E-state index in [1.165, 1.54) is 19.4 Å². The van der Waals surface area contributed by atoms with E-state index in [1.807, 2.05) is 6.92 Å². The van der Waals surface area contributed by atoms with Crippen molar-refractivity contribution in [3.05, 3.63) is 29.7 Å². The van der Waals surface area contributed by atoms with Gasteiger partial charge in [-0.2, -0.15) is 18.2 Å². The van der Waals surface area contributed by atoms with Gasteiger partial charge in [0.15, 0.2) is 0 Å². The largest absolute Gasteiger partial charge is 0.493 e. The van der Waals surface area contributed by atoms with Crippen molar-refractivity contribution in [3.63, 3.8) is 0 Å². The first-order chi connectivity index (χ1) is 16.0. The zero-order valence-corrected chi connectivity index (χ0v) is 20.5. The SMILES string of the molecule is CC(=N)N.CCC[C@H](C)[C@H](C)c1nc(-c2ccc(OCC3CCCCC3)c(C(F)(F)F)c2)no1. The van der Waals surface area contributed by atoms with Crippen LogP contribution in [0.5, 0.6) is 5.75 Å². The van der Waals surface area contributed by atoms with Crippen LogP contribution in [0.15, 0.2) is 22.7 Å². The first-order valence-corrected chi connectivity index (χ1v) is 12.0. The molecule has 0 saturated heterocycles. The molecule has 3 N–H and O–H groups in total. The maximum Gasteiger partial charge on any atom is 0.419 e. The van der Waals surface area contributed by atoms with Crippen molar-refractivity contribution >= 4 is 5.84 Å². The normalized spacial score (nSPS) is 16.3. The molecule has 1 aromatic heterocycles. The Bertz CT molecular complexity index is 904. The Labute approximate surface area is 200 Å². The van der Waals surface area contributed by atoms with Crippen molar-refractivity contribution < 1.29 is 22.4 Å². The van der Waals surface area contributed by atoms with Crippen LogP contribution in [0.25, 0.3) is 11.4 Å². The van der Waals surface area contributed by atoms with Crippen molar-refractivity contribution in [2.75, 3.05) is 6.61 Å². The summed E-state index contributed by atoms with van der Waals surface area (Å²) in [5.74, 6) is 1.38. The van der Waals surface area contributed by atoms with E-state index in [9.17, 15) is 13.2 Å². The summed E-state index contributed by atoms with van der Waals surface area (Å²) in [6.45, 7) is 8.07. The lowest BCUT2D eigenvalue weighted by Gasteiger charge is -2.23. The van der Waals surface area contributed by atoms with E-state index >= 15 is 0 Å². The summed E-state index contributed by atoms with van der Waals surface area (Å²) in [6.07, 6.45) is 3.01. The first-order valence-electron chi connectivity index (χ1n) is 12.0. The van der Waals surface area contributed by atoms with Crippen LogP contribution in [0.4, 0.5) is 13.2 Å². The van der Waals surface area contributed by atoms with Gasteiger partial charge in [0.05, 0.1) is 18.0 Å². The molecule has 0 radical (unpaired) electrons. The third kappa shape index (κ3) is 8.33. The topological polar surface area (TPSA) is 98.0 Å². The van der Waals surface area contributed by atoms with Crippen LogP contribution in [-0.2, 0) is 6.18 Å². The van der Waals surface area contributed by atoms with Crippen molar-refractivity contribution in [2.45, 2.75) is 84.7 Å². The molecule has 2 aromatic rings. The summed E-state index contributed by atoms with van der Waals surface area (Å²) >= 11 is 0. The van der Waals surface area contributed by atoms with E-state index in [0.717, 1.165) is 44.6 Å². The number of hydrogen-bond donors (Lipinski definition) is 2. The van der Waals surface area contributed by atoms with Gasteiger partial charge in [-0.25, -0.2) is 0 Å². The number of halogens is 3. The maximum absolute atomic E-state index is 13.7. The second kappa shape index (κ2) is 12.8. The third-order valence-corrected chi connectivity index (χ3v) is 6.17. The molecule has 1 aliphatic rings. The van der Waals surface area contributed by atoms with Gasteiger partial charge in [-0.3, -0.25) is 5.41 Å². The number of hydrogen-bond acceptors (Lipinski definition) is 5. The van der Waals surface area contributed by atoms with Crippen molar-refractivity contribution in [1.29, 1.82) is 5.41 Å². The summed E-state index contributed by atoms with van der Waals surface area (Å²) < 4.78 is 52.0. The highest BCUT2D eigenvalue weighted by atomic mass is 19.4. The molecule has 1 aliphatic carbocycles. The van der Waals surface area contributed by atoms with Gasteiger partial charge in [0, 0.05) is 11.5 Å². The second-order valence-corrected chi connectivity index (χ2v) is 9.22. The number of ether oxygens (including phenoxy) is 1. The molecule has 2 atom stereocenters. The molecule has 0 aliphatic heterocycles. The fourth-order valence-electron chi connectivity index (χ4n) is 4.06. The highest BCUT2D eigenvalue weighted by molar-refractivity contribution is 5.73. The average molecular weight is 483 g/mol. The fourth-order valence-corrected chi connectivity index (χ4v) is 4.06. The summed E-state index contributed by atoms with van der Waals surface area (Å²) in [4.78, 5) is 4.37. The van der Waals surface area contributed by atoms with Crippen molar-refractivity contribution in [1.82, 2.24) is 10.1 Å². The molecule has 34 heavy (non-hydrogen) atoms. The van der Waals surface area contributed by atoms with E-state index in [-0.39, 0.29) is 28.9 Å². The Morgan fingerprint density at radius 1 is 1.24 bits per heavy atom. The number of alkyl halides is 3. The van der Waals surface area contributed by atoms with Gasteiger partial charge >= 0.3 is 6.18 Å². The molecule has 1 heterocycles. The third-order valence-electron chi connectivity index (χ3n) is 6.17. The molecule has 1 aromatic carbocycles. The van der Waals surface area contributed by atoms with Crippen LogP contribution in [0, 0.1) is 17.2 Å². The van der Waals surface area contributed by atoms with Crippen LogP contribution in [0.1, 0.15) is 90.0 Å². The molecule has 9 heteroatoms. The molecule has 0 amide bonds. The van der Waals surface area contributed by atoms with Gasteiger partial charge in [0.25, 0.3) is 0 Å². The number of amidine groups is 1. The average Bonchev–Trinajstić information content (AvgIpc) is 3.27. The van der Waals surface area contributed by atoms with E-state index in [4.69, 9.17) is 20.4 Å². The molecular formula is C25H37F3N4O2. The summed E-state index contributed by atoms with van der Waals surface area (Å²) in [7, 11) is 0. The fraction of sp³-hybridized carbons (Fsp3) is 0.640. The Morgan fingerprint density at radius 3 is 2.47 bits per heavy atom. The van der Waals surface area contributed by atoms with Crippen molar-refractivity contribution in [2.24, 2.45) is 17.6 Å². The van der Waals surface area contributed by atoms with Crippen LogP contribution >= 0.6 is 0 Å². The lowest BCUT2D eigenvalue weighted by Crippen LogP contribution is -2.17. The maximum atomic E-state index is 13.7. The predicted molar refractivity (Wildman–Crippen MR) is 127 cm³/mol. The number of benzene rings is 1. The zero-order valence-electron chi connectivity index (χ0n) is 20.5. The zero-order chi connectivity index (χ0) is 25.3. The van der Waals surface area contributed by atoms with Gasteiger partial charge in [0.1, 0.15) is 5.75 Å². The van der Waals surface area contributed by atoms with Crippen LogP contribution in [0.2, 0.25) is 0 Å². The summed E-state index contributed by atoms with van der Waals surface area (Å²) in [6, 6.07) is 4.01. The Kier molecular flexibility index (Phi) is 10.4. The molecular weight excluding hydrogens is 445 g/mol. The second-order valence-electron chi connectivity index (χ2n) is 9.22. The minimum absolute atomic E-state index is 0.0476. The lowest BCUT2D eigenvalue weighted by atomic mass is 9.90. The minimum atomic E-state index is -4.52. The highest BCUT2D eigenvalue weighted by Gasteiger charge is 2.35. The first kappa shape index (κ1) is 27.7. The molecule has 3 rings (SSSR count). The molecule has 0 bridgehead atoms. The number of aromatic nitrogens is 2. The molecule has 190 valence electrons. The van der Waals surface area contributed by atoms with E-state index in [1.54, 1.807) is 6.07 Å². The number of rotatable bonds is 8. The van der Waals surface area contributed by atoms with E-state index < -0.39 is 11.7 Å². The van der Waals surface area contributed by atoms with Crippen molar-refractivity contribution in [3.8, 4) is 17.1 Å². The van der Waals surface area contributed by atoms with E-state index in [0.29, 0.717) is 24.3 Å². The van der Waals surface area contributed by atoms with Gasteiger partial charge in [-0.15, -0.1) is 0 Å². The standard InChI is InChI=1S/C23H31F3N2O2.C2H6N2/c1-4-8-15(2)16(3)22-27-21(28-30-22)18-11-12-20(19(13-18)23(24,25)26)29-14-17-9-6-5-7-10-17;1-2(3)4/h11-13,15-17H,4-10,14H2,1-3H3;1H3,(H3,3,4)/t15-,16-;/m0./s1. The van der Waals surface area contributed by atoms with Gasteiger partial charge in [0.2, 0.25) is 11.7 Å². The quantitative estimate of drug-likeness (QED) is 0.306. The number of nitrogens with one attached hydrogen (secondary N) is 1. The van der Waals surface area contributed by atoms with Gasteiger partial charge in [-0.05, 0) is 49.8 Å². The predicted octanol–water partition coefficient (Wildman–Crippen LogP) is 7.20. The van der Waals surface area contributed by atoms with Crippen LogP contribution < -0.4 is 10.5 Å². The van der Waals surface area contributed by atoms with E-state index in [2.05, 4.69) is 24.0 Å². The molecule has 0 spiro atoms. The Balaban J connectivity index is 0.000000945. The molecule has 0 unspecified atom stereocenters. The molecule has 6 nitrogen and oxygen atoms in total. The van der Waals surface area contributed by atoms with Crippen LogP contribution in [-0.4, -0.2) is 22.6 Å². The minimum Gasteiger partial charge on any atom is -0.493 e. The molecule has 1 saturated carbocycles. The van der Waals surface area contributed by atoms with Gasteiger partial charge in [-0.1, -0.05) is 58.0 Å². The number of nitrogens with two attached hydrogens (primary N) is 1. The lowest BCUT2D eigenvalue weighted by molar-refractivity contribution is -0.139. The Hall–Kier alpha value is -2.58. The van der Waals surface area contributed by atoms with Crippen LogP contribution in [0.3, 0.4) is 0 Å². The van der Waals surface area contributed by atoms with Gasteiger partial charge < -0.3 is 15.0 Å². The Morgan fingerprint density at radius 2 is 1.88 bits per heavy atom. The summed E-state index contributed by atoms with van der Waals surface area (Å²) in [5.41, 5.74) is 4.17. The summed E-state index contributed by atoms with van der Waals surface area (Å²) in [5, 5.41) is 10.2.